The lowest BCUT2D eigenvalue weighted by Gasteiger charge is -2.09. The Bertz CT molecular complexity index is 929. The first kappa shape index (κ1) is 15.1. The highest BCUT2D eigenvalue weighted by Crippen LogP contribution is 2.32. The van der Waals surface area contributed by atoms with Crippen LogP contribution in [-0.4, -0.2) is 21.2 Å². The summed E-state index contributed by atoms with van der Waals surface area (Å²) in [6.45, 7) is 0. The van der Waals surface area contributed by atoms with Gasteiger partial charge in [0.25, 0.3) is 0 Å². The van der Waals surface area contributed by atoms with E-state index in [2.05, 4.69) is 4.98 Å². The van der Waals surface area contributed by atoms with Gasteiger partial charge in [-0.2, -0.15) is 0 Å². The molecule has 0 amide bonds. The third kappa shape index (κ3) is 2.89. The number of ether oxygens (including phenoxy) is 1. The Balaban J connectivity index is 1.98. The molecular weight excluding hydrogens is 325 g/mol. The van der Waals surface area contributed by atoms with Crippen molar-refractivity contribution in [1.82, 2.24) is 4.98 Å². The number of pyridine rings is 1. The normalized spacial score (nSPS) is 10.7. The van der Waals surface area contributed by atoms with Crippen molar-refractivity contribution in [2.45, 2.75) is 0 Å². The van der Waals surface area contributed by atoms with Gasteiger partial charge >= 0.3 is 5.97 Å². The largest absolute Gasteiger partial charge is 0.505 e. The van der Waals surface area contributed by atoms with Crippen LogP contribution in [0.2, 0.25) is 5.02 Å². The minimum Gasteiger partial charge on any atom is -0.505 e. The molecule has 3 rings (SSSR count). The van der Waals surface area contributed by atoms with Crippen LogP contribution >= 0.6 is 11.6 Å². The van der Waals surface area contributed by atoms with E-state index in [1.807, 2.05) is 0 Å². The highest BCUT2D eigenvalue weighted by molar-refractivity contribution is 6.30. The second-order valence-electron chi connectivity index (χ2n) is 4.69. The number of hydrogen-bond donors (Lipinski definition) is 2. The maximum absolute atomic E-state index is 13.1. The summed E-state index contributed by atoms with van der Waals surface area (Å²) in [5.41, 5.74) is -0.420. The van der Waals surface area contributed by atoms with Crippen molar-refractivity contribution in [2.75, 3.05) is 0 Å². The Morgan fingerprint density at radius 3 is 2.57 bits per heavy atom. The van der Waals surface area contributed by atoms with Crippen LogP contribution in [0.4, 0.5) is 4.39 Å². The monoisotopic (exact) mass is 333 g/mol. The Kier molecular flexibility index (Phi) is 3.75. The van der Waals surface area contributed by atoms with Crippen LogP contribution in [0, 0.1) is 5.82 Å². The number of halogens is 2. The minimum absolute atomic E-state index is 0.0614. The SMILES string of the molecule is O=C(O)c1ncc2cc(Oc3ccc(F)c(Cl)c3)ccc2c1O. The van der Waals surface area contributed by atoms with Gasteiger partial charge in [0.2, 0.25) is 0 Å². The molecule has 1 aromatic heterocycles. The number of benzene rings is 2. The smallest absolute Gasteiger partial charge is 0.358 e. The van der Waals surface area contributed by atoms with Crippen LogP contribution in [0.3, 0.4) is 0 Å². The van der Waals surface area contributed by atoms with Gasteiger partial charge < -0.3 is 14.9 Å². The molecule has 2 N–H and O–H groups in total. The summed E-state index contributed by atoms with van der Waals surface area (Å²) in [5, 5.41) is 19.6. The lowest BCUT2D eigenvalue weighted by atomic mass is 10.1. The molecule has 0 spiro atoms. The molecule has 2 aromatic carbocycles. The van der Waals surface area contributed by atoms with Gasteiger partial charge in [-0.05, 0) is 30.3 Å². The molecule has 0 aliphatic rings. The molecule has 1 heterocycles. The Labute approximate surface area is 134 Å². The van der Waals surface area contributed by atoms with E-state index in [9.17, 15) is 14.3 Å². The average Bonchev–Trinajstić information content (AvgIpc) is 2.51. The molecule has 116 valence electrons. The molecule has 0 bridgehead atoms. The first-order valence-electron chi connectivity index (χ1n) is 6.43. The molecule has 0 saturated carbocycles. The summed E-state index contributed by atoms with van der Waals surface area (Å²) in [5.74, 6) is -1.52. The van der Waals surface area contributed by atoms with Crippen LogP contribution in [0.25, 0.3) is 10.8 Å². The molecule has 0 aliphatic heterocycles. The number of hydrogen-bond acceptors (Lipinski definition) is 4. The van der Waals surface area contributed by atoms with Crippen molar-refractivity contribution in [3.05, 3.63) is 59.1 Å². The number of aromatic hydroxyl groups is 1. The van der Waals surface area contributed by atoms with Gasteiger partial charge in [-0.25, -0.2) is 14.2 Å². The van der Waals surface area contributed by atoms with Crippen LogP contribution < -0.4 is 4.74 Å². The summed E-state index contributed by atoms with van der Waals surface area (Å²) in [6, 6.07) is 8.58. The molecule has 0 saturated heterocycles. The second-order valence-corrected chi connectivity index (χ2v) is 5.09. The number of fused-ring (bicyclic) bond motifs is 1. The number of carboxylic acids is 1. The summed E-state index contributed by atoms with van der Waals surface area (Å²) < 4.78 is 18.7. The third-order valence-corrected chi connectivity index (χ3v) is 3.45. The fourth-order valence-corrected chi connectivity index (χ4v) is 2.25. The standard InChI is InChI=1S/C16H9ClFNO4/c17-12-6-10(2-4-13(12)18)23-9-1-3-11-8(5-9)7-19-14(15(11)20)16(21)22/h1-7,20H,(H,21,22). The molecule has 5 nitrogen and oxygen atoms in total. The summed E-state index contributed by atoms with van der Waals surface area (Å²) >= 11 is 5.69. The molecule has 23 heavy (non-hydrogen) atoms. The van der Waals surface area contributed by atoms with Gasteiger partial charge in [-0.3, -0.25) is 0 Å². The quantitative estimate of drug-likeness (QED) is 0.750. The second kappa shape index (κ2) is 5.73. The number of aromatic nitrogens is 1. The summed E-state index contributed by atoms with van der Waals surface area (Å²) in [6.07, 6.45) is 1.32. The number of carbonyl (C=O) groups is 1. The fraction of sp³-hybridized carbons (Fsp3) is 0. The first-order valence-corrected chi connectivity index (χ1v) is 6.81. The third-order valence-electron chi connectivity index (χ3n) is 3.16. The molecule has 0 fully saturated rings. The Morgan fingerprint density at radius 1 is 1.17 bits per heavy atom. The predicted molar refractivity (Wildman–Crippen MR) is 81.9 cm³/mol. The molecule has 7 heteroatoms. The van der Waals surface area contributed by atoms with Crippen LogP contribution in [0.5, 0.6) is 17.2 Å². The highest BCUT2D eigenvalue weighted by atomic mass is 35.5. The van der Waals surface area contributed by atoms with Crippen molar-refractivity contribution in [2.24, 2.45) is 0 Å². The molecule has 0 aliphatic carbocycles. The van der Waals surface area contributed by atoms with Gasteiger partial charge in [0.1, 0.15) is 17.3 Å². The maximum Gasteiger partial charge on any atom is 0.358 e. The minimum atomic E-state index is -1.31. The van der Waals surface area contributed by atoms with Crippen LogP contribution in [-0.2, 0) is 0 Å². The predicted octanol–water partition coefficient (Wildman–Crippen LogP) is 4.22. The average molecular weight is 334 g/mol. The molecule has 0 atom stereocenters. The Morgan fingerprint density at radius 2 is 1.87 bits per heavy atom. The number of rotatable bonds is 3. The van der Waals surface area contributed by atoms with Gasteiger partial charge in [0, 0.05) is 23.0 Å². The van der Waals surface area contributed by atoms with Gasteiger partial charge in [-0.1, -0.05) is 11.6 Å². The zero-order valence-corrected chi connectivity index (χ0v) is 12.2. The van der Waals surface area contributed by atoms with Crippen molar-refractivity contribution in [3.63, 3.8) is 0 Å². The number of nitrogens with zero attached hydrogens (tertiary/aromatic N) is 1. The Hall–Kier alpha value is -2.86. The topological polar surface area (TPSA) is 79.7 Å². The first-order chi connectivity index (χ1) is 11.0. The van der Waals surface area contributed by atoms with E-state index in [1.165, 1.54) is 30.5 Å². The number of aromatic carboxylic acids is 1. The van der Waals surface area contributed by atoms with E-state index in [0.717, 1.165) is 0 Å². The zero-order chi connectivity index (χ0) is 16.6. The number of carboxylic acid groups (broad SMARTS) is 1. The van der Waals surface area contributed by atoms with Gasteiger partial charge in [-0.15, -0.1) is 0 Å². The molecular formula is C16H9ClFNO4. The van der Waals surface area contributed by atoms with Crippen molar-refractivity contribution in [3.8, 4) is 17.2 Å². The van der Waals surface area contributed by atoms with Crippen molar-refractivity contribution in [1.29, 1.82) is 0 Å². The summed E-state index contributed by atoms with van der Waals surface area (Å²) in [7, 11) is 0. The van der Waals surface area contributed by atoms with Crippen LogP contribution in [0.1, 0.15) is 10.5 Å². The lowest BCUT2D eigenvalue weighted by Crippen LogP contribution is -2.00. The van der Waals surface area contributed by atoms with E-state index in [-0.39, 0.29) is 5.02 Å². The van der Waals surface area contributed by atoms with Gasteiger partial charge in [0.05, 0.1) is 5.02 Å². The molecule has 0 radical (unpaired) electrons. The van der Waals surface area contributed by atoms with E-state index in [1.54, 1.807) is 12.1 Å². The van der Waals surface area contributed by atoms with Gasteiger partial charge in [0.15, 0.2) is 11.4 Å². The zero-order valence-electron chi connectivity index (χ0n) is 11.5. The maximum atomic E-state index is 13.1. The summed E-state index contributed by atoms with van der Waals surface area (Å²) in [4.78, 5) is 14.6. The van der Waals surface area contributed by atoms with Crippen molar-refractivity contribution < 1.29 is 24.1 Å². The molecule has 3 aromatic rings. The fourth-order valence-electron chi connectivity index (χ4n) is 2.08. The van der Waals surface area contributed by atoms with Crippen molar-refractivity contribution >= 4 is 28.3 Å². The lowest BCUT2D eigenvalue weighted by molar-refractivity contribution is 0.0687. The van der Waals surface area contributed by atoms with E-state index >= 15 is 0 Å². The van der Waals surface area contributed by atoms with E-state index in [4.69, 9.17) is 21.4 Å². The van der Waals surface area contributed by atoms with E-state index < -0.39 is 23.2 Å². The highest BCUT2D eigenvalue weighted by Gasteiger charge is 2.15. The van der Waals surface area contributed by atoms with E-state index in [0.29, 0.717) is 22.3 Å². The van der Waals surface area contributed by atoms with Crippen LogP contribution in [0.15, 0.2) is 42.6 Å². The molecule has 0 unspecified atom stereocenters.